The molecule has 1 aromatic rings. The summed E-state index contributed by atoms with van der Waals surface area (Å²) in [5, 5.41) is 19.2. The lowest BCUT2D eigenvalue weighted by atomic mass is 9.80. The monoisotopic (exact) mass is 352 g/mol. The number of ketones is 1. The van der Waals surface area contributed by atoms with Crippen molar-refractivity contribution in [1.29, 1.82) is 0 Å². The molecule has 0 fully saturated rings. The molecule has 1 aromatic carbocycles. The van der Waals surface area contributed by atoms with Crippen LogP contribution in [0.25, 0.3) is 0 Å². The topological polar surface area (TPSA) is 76.0 Å². The summed E-state index contributed by atoms with van der Waals surface area (Å²) >= 11 is 0. The Morgan fingerprint density at radius 1 is 1.16 bits per heavy atom. The van der Waals surface area contributed by atoms with E-state index in [0.29, 0.717) is 26.1 Å². The zero-order valence-corrected chi connectivity index (χ0v) is 15.8. The van der Waals surface area contributed by atoms with Gasteiger partial charge in [-0.15, -0.1) is 0 Å². The van der Waals surface area contributed by atoms with E-state index in [4.69, 9.17) is 14.6 Å². The number of methoxy groups -OCH3 is 1. The predicted octanol–water partition coefficient (Wildman–Crippen LogP) is 2.82. The zero-order valence-electron chi connectivity index (χ0n) is 15.8. The third-order valence-corrected chi connectivity index (χ3v) is 4.40. The number of rotatable bonds is 12. The fourth-order valence-electron chi connectivity index (χ4n) is 2.93. The van der Waals surface area contributed by atoms with Crippen molar-refractivity contribution in [3.05, 3.63) is 29.8 Å². The average Bonchev–Trinajstić information content (AvgIpc) is 2.60. The van der Waals surface area contributed by atoms with Crippen molar-refractivity contribution < 1.29 is 24.5 Å². The molecule has 5 nitrogen and oxygen atoms in total. The largest absolute Gasteiger partial charge is 0.497 e. The quantitative estimate of drug-likeness (QED) is 0.605. The zero-order chi connectivity index (χ0) is 18.8. The number of hydrogen-bond acceptors (Lipinski definition) is 5. The number of aliphatic hydroxyl groups excluding tert-OH is 2. The van der Waals surface area contributed by atoms with Gasteiger partial charge in [0.05, 0.1) is 26.4 Å². The Bertz CT molecular complexity index is 497. The van der Waals surface area contributed by atoms with E-state index in [-0.39, 0.29) is 24.2 Å². The minimum absolute atomic E-state index is 0.0233. The molecular formula is C20H32O5. The molecular weight excluding hydrogens is 320 g/mol. The minimum atomic E-state index is -0.719. The number of carbonyl (C=O) groups excluding carboxylic acids is 1. The van der Waals surface area contributed by atoms with Gasteiger partial charge in [0.2, 0.25) is 0 Å². The van der Waals surface area contributed by atoms with Gasteiger partial charge in [-0.3, -0.25) is 4.79 Å². The molecule has 0 aromatic heterocycles. The van der Waals surface area contributed by atoms with Crippen molar-refractivity contribution >= 4 is 5.78 Å². The van der Waals surface area contributed by atoms with E-state index in [0.717, 1.165) is 11.3 Å². The maximum atomic E-state index is 12.7. The fourth-order valence-corrected chi connectivity index (χ4v) is 2.93. The second-order valence-corrected chi connectivity index (χ2v) is 6.87. The van der Waals surface area contributed by atoms with Crippen LogP contribution >= 0.6 is 0 Å². The average molecular weight is 352 g/mol. The van der Waals surface area contributed by atoms with Crippen LogP contribution < -0.4 is 4.74 Å². The van der Waals surface area contributed by atoms with E-state index in [1.54, 1.807) is 7.11 Å². The van der Waals surface area contributed by atoms with Crippen LogP contribution in [0.1, 0.15) is 39.2 Å². The summed E-state index contributed by atoms with van der Waals surface area (Å²) < 4.78 is 10.8. The molecule has 0 unspecified atom stereocenters. The van der Waals surface area contributed by atoms with Crippen molar-refractivity contribution in [1.82, 2.24) is 0 Å². The van der Waals surface area contributed by atoms with Gasteiger partial charge in [-0.2, -0.15) is 0 Å². The summed E-state index contributed by atoms with van der Waals surface area (Å²) in [6.07, 6.45) is 0.216. The maximum Gasteiger partial charge on any atom is 0.143 e. The van der Waals surface area contributed by atoms with Gasteiger partial charge in [-0.05, 0) is 36.5 Å². The Hall–Kier alpha value is -1.43. The number of aliphatic hydroxyl groups is 2. The molecule has 0 saturated carbocycles. The first-order valence-corrected chi connectivity index (χ1v) is 8.94. The van der Waals surface area contributed by atoms with Gasteiger partial charge in [0.25, 0.3) is 0 Å². The molecule has 25 heavy (non-hydrogen) atoms. The van der Waals surface area contributed by atoms with Crippen LogP contribution in [0.3, 0.4) is 0 Å². The van der Waals surface area contributed by atoms with Crippen LogP contribution in [0.4, 0.5) is 0 Å². The summed E-state index contributed by atoms with van der Waals surface area (Å²) in [5.41, 5.74) is 1.02. The first-order valence-electron chi connectivity index (χ1n) is 8.94. The summed E-state index contributed by atoms with van der Waals surface area (Å²) in [5.74, 6) is 0.157. The molecule has 2 N–H and O–H groups in total. The highest BCUT2D eigenvalue weighted by molar-refractivity contribution is 5.84. The molecule has 1 rings (SSSR count). The first kappa shape index (κ1) is 21.6. The standard InChI is InChI=1S/C20H32O5/c1-14(2)19(18(22)6-5-11-21)20(23)15(3)12-25-13-16-7-9-17(24-4)10-8-16/h7-10,14-15,18-19,21-22H,5-6,11-13H2,1-4H3/t15-,18-,19-/m1/s1. The van der Waals surface area contributed by atoms with Gasteiger partial charge in [0.1, 0.15) is 11.5 Å². The van der Waals surface area contributed by atoms with Gasteiger partial charge >= 0.3 is 0 Å². The Labute approximate surface area is 151 Å². The van der Waals surface area contributed by atoms with E-state index in [1.165, 1.54) is 0 Å². The summed E-state index contributed by atoms with van der Waals surface area (Å²) in [6.45, 7) is 6.49. The van der Waals surface area contributed by atoms with Crippen molar-refractivity contribution in [3.8, 4) is 5.75 Å². The smallest absolute Gasteiger partial charge is 0.143 e. The Kier molecular flexibility index (Phi) is 9.71. The van der Waals surface area contributed by atoms with E-state index < -0.39 is 12.0 Å². The SMILES string of the molecule is COc1ccc(COC[C@@H](C)C(=O)[C@H](C(C)C)[C@H](O)CCCO)cc1. The van der Waals surface area contributed by atoms with Crippen molar-refractivity contribution in [2.75, 3.05) is 20.3 Å². The normalized spacial score (nSPS) is 15.0. The highest BCUT2D eigenvalue weighted by Gasteiger charge is 2.32. The minimum Gasteiger partial charge on any atom is -0.497 e. The van der Waals surface area contributed by atoms with Crippen LogP contribution in [0.15, 0.2) is 24.3 Å². The maximum absolute atomic E-state index is 12.7. The second-order valence-electron chi connectivity index (χ2n) is 6.87. The third-order valence-electron chi connectivity index (χ3n) is 4.40. The summed E-state index contributed by atoms with van der Waals surface area (Å²) in [6, 6.07) is 7.61. The lowest BCUT2D eigenvalue weighted by Gasteiger charge is -2.27. The lowest BCUT2D eigenvalue weighted by molar-refractivity contribution is -0.134. The highest BCUT2D eigenvalue weighted by Crippen LogP contribution is 2.24. The van der Waals surface area contributed by atoms with Gasteiger partial charge < -0.3 is 19.7 Å². The third kappa shape index (κ3) is 7.14. The van der Waals surface area contributed by atoms with E-state index >= 15 is 0 Å². The van der Waals surface area contributed by atoms with E-state index in [1.807, 2.05) is 45.0 Å². The lowest BCUT2D eigenvalue weighted by Crippen LogP contribution is -2.37. The fraction of sp³-hybridized carbons (Fsp3) is 0.650. The molecule has 0 heterocycles. The summed E-state index contributed by atoms with van der Waals surface area (Å²) in [7, 11) is 1.62. The number of ether oxygens (including phenoxy) is 2. The van der Waals surface area contributed by atoms with Gasteiger partial charge in [0.15, 0.2) is 0 Å². The number of Topliss-reactive ketones (excluding diaryl/α,β-unsaturated/α-hetero) is 1. The van der Waals surface area contributed by atoms with E-state index in [2.05, 4.69) is 0 Å². The molecule has 5 heteroatoms. The number of hydrogen-bond donors (Lipinski definition) is 2. The second kappa shape index (κ2) is 11.2. The van der Waals surface area contributed by atoms with Crippen LogP contribution in [0, 0.1) is 17.8 Å². The molecule has 0 saturated heterocycles. The predicted molar refractivity (Wildman–Crippen MR) is 97.5 cm³/mol. The molecule has 0 radical (unpaired) electrons. The number of benzene rings is 1. The van der Waals surface area contributed by atoms with Crippen molar-refractivity contribution in [3.63, 3.8) is 0 Å². The van der Waals surface area contributed by atoms with E-state index in [9.17, 15) is 9.90 Å². The van der Waals surface area contributed by atoms with Gasteiger partial charge in [0, 0.05) is 18.4 Å². The first-order chi connectivity index (χ1) is 11.9. The molecule has 142 valence electrons. The molecule has 0 bridgehead atoms. The molecule has 0 aliphatic heterocycles. The van der Waals surface area contributed by atoms with Crippen LogP contribution in [-0.4, -0.2) is 42.4 Å². The molecule has 0 aliphatic carbocycles. The van der Waals surface area contributed by atoms with Crippen LogP contribution in [0.5, 0.6) is 5.75 Å². The van der Waals surface area contributed by atoms with Gasteiger partial charge in [-0.25, -0.2) is 0 Å². The van der Waals surface area contributed by atoms with Crippen molar-refractivity contribution in [2.45, 2.75) is 46.3 Å². The Balaban J connectivity index is 2.52. The molecule has 0 aliphatic rings. The Morgan fingerprint density at radius 2 is 1.80 bits per heavy atom. The summed E-state index contributed by atoms with van der Waals surface area (Å²) in [4.78, 5) is 12.7. The van der Waals surface area contributed by atoms with Gasteiger partial charge in [-0.1, -0.05) is 32.9 Å². The molecule has 0 spiro atoms. The molecule has 0 amide bonds. The van der Waals surface area contributed by atoms with Crippen molar-refractivity contribution in [2.24, 2.45) is 17.8 Å². The Morgan fingerprint density at radius 3 is 2.32 bits per heavy atom. The van der Waals surface area contributed by atoms with Crippen LogP contribution in [-0.2, 0) is 16.1 Å². The van der Waals surface area contributed by atoms with Crippen LogP contribution in [0.2, 0.25) is 0 Å². The molecule has 3 atom stereocenters. The highest BCUT2D eigenvalue weighted by atomic mass is 16.5. The number of carbonyl (C=O) groups is 1.